The number of rotatable bonds is 4. The molecule has 3 heteroatoms. The summed E-state index contributed by atoms with van der Waals surface area (Å²) >= 11 is 0. The molecule has 90 valence electrons. The zero-order chi connectivity index (χ0) is 12.3. The summed E-state index contributed by atoms with van der Waals surface area (Å²) in [6.07, 6.45) is 3.26. The Kier molecular flexibility index (Phi) is 3.47. The zero-order valence-electron chi connectivity index (χ0n) is 10.5. The van der Waals surface area contributed by atoms with Crippen molar-refractivity contribution in [3.63, 3.8) is 0 Å². The van der Waals surface area contributed by atoms with Gasteiger partial charge in [0.25, 0.3) is 0 Å². The van der Waals surface area contributed by atoms with Gasteiger partial charge in [0.1, 0.15) is 11.6 Å². The van der Waals surface area contributed by atoms with Gasteiger partial charge in [-0.15, -0.1) is 0 Å². The van der Waals surface area contributed by atoms with Gasteiger partial charge in [-0.05, 0) is 12.8 Å². The van der Waals surface area contributed by atoms with Crippen LogP contribution in [0.2, 0.25) is 0 Å². The van der Waals surface area contributed by atoms with Gasteiger partial charge in [-0.25, -0.2) is 4.98 Å². The van der Waals surface area contributed by atoms with Crippen molar-refractivity contribution < 1.29 is 0 Å². The summed E-state index contributed by atoms with van der Waals surface area (Å²) in [6.45, 7) is 2.18. The average Bonchev–Trinajstić information content (AvgIpc) is 2.65. The molecule has 17 heavy (non-hydrogen) atoms. The summed E-state index contributed by atoms with van der Waals surface area (Å²) < 4.78 is 1.97. The predicted molar refractivity (Wildman–Crippen MR) is 71.7 cm³/mol. The Morgan fingerprint density at radius 2 is 1.94 bits per heavy atom. The Morgan fingerprint density at radius 3 is 2.59 bits per heavy atom. The van der Waals surface area contributed by atoms with Crippen molar-refractivity contribution >= 4 is 5.82 Å². The van der Waals surface area contributed by atoms with Crippen LogP contribution in [0.4, 0.5) is 5.82 Å². The van der Waals surface area contributed by atoms with Gasteiger partial charge in [-0.1, -0.05) is 43.7 Å². The van der Waals surface area contributed by atoms with Gasteiger partial charge in [-0.2, -0.15) is 0 Å². The fraction of sp³-hybridized carbons (Fsp3) is 0.357. The number of aryl methyl sites for hydroxylation is 1. The minimum atomic E-state index is 0.789. The van der Waals surface area contributed by atoms with Gasteiger partial charge < -0.3 is 10.3 Å². The van der Waals surface area contributed by atoms with Crippen LogP contribution < -0.4 is 5.73 Å². The Hall–Kier alpha value is -1.77. The normalized spacial score (nSPS) is 10.7. The summed E-state index contributed by atoms with van der Waals surface area (Å²) in [7, 11) is 1.97. The number of imidazole rings is 1. The van der Waals surface area contributed by atoms with Crippen LogP contribution in [-0.2, 0) is 13.5 Å². The number of hydrogen-bond donors (Lipinski definition) is 1. The summed E-state index contributed by atoms with van der Waals surface area (Å²) in [4.78, 5) is 4.66. The average molecular weight is 229 g/mol. The molecule has 0 saturated carbocycles. The number of nitrogens with zero attached hydrogens (tertiary/aromatic N) is 2. The third-order valence-corrected chi connectivity index (χ3v) is 3.01. The van der Waals surface area contributed by atoms with Crippen molar-refractivity contribution in [3.8, 4) is 11.4 Å². The molecule has 2 N–H and O–H groups in total. The lowest BCUT2D eigenvalue weighted by atomic mass is 10.2. The van der Waals surface area contributed by atoms with E-state index in [2.05, 4.69) is 24.0 Å². The van der Waals surface area contributed by atoms with Crippen LogP contribution in [0, 0.1) is 0 Å². The number of anilines is 1. The number of benzene rings is 1. The first-order chi connectivity index (χ1) is 8.24. The molecule has 2 rings (SSSR count). The molecule has 0 aliphatic rings. The van der Waals surface area contributed by atoms with E-state index in [1.54, 1.807) is 0 Å². The van der Waals surface area contributed by atoms with Gasteiger partial charge in [0.15, 0.2) is 0 Å². The number of aromatic nitrogens is 2. The lowest BCUT2D eigenvalue weighted by molar-refractivity contribution is 0.782. The summed E-state index contributed by atoms with van der Waals surface area (Å²) in [6, 6.07) is 10.2. The maximum Gasteiger partial charge on any atom is 0.141 e. The number of unbranched alkanes of at least 4 members (excludes halogenated alkanes) is 1. The molecule has 1 aromatic carbocycles. The maximum absolute atomic E-state index is 6.08. The van der Waals surface area contributed by atoms with E-state index in [1.807, 2.05) is 29.8 Å². The molecular formula is C14H19N3. The Balaban J connectivity index is 2.36. The SMILES string of the molecule is CCCCc1nc(-c2ccccc2)n(C)c1N. The largest absolute Gasteiger partial charge is 0.384 e. The fourth-order valence-electron chi connectivity index (χ4n) is 1.94. The van der Waals surface area contributed by atoms with E-state index in [0.717, 1.165) is 42.2 Å². The minimum absolute atomic E-state index is 0.789. The third-order valence-electron chi connectivity index (χ3n) is 3.01. The van der Waals surface area contributed by atoms with Crippen LogP contribution in [0.1, 0.15) is 25.5 Å². The van der Waals surface area contributed by atoms with Gasteiger partial charge in [0.05, 0.1) is 5.69 Å². The molecule has 1 aromatic heterocycles. The molecule has 0 fully saturated rings. The van der Waals surface area contributed by atoms with E-state index < -0.39 is 0 Å². The Morgan fingerprint density at radius 1 is 1.24 bits per heavy atom. The number of hydrogen-bond acceptors (Lipinski definition) is 2. The molecule has 0 saturated heterocycles. The summed E-state index contributed by atoms with van der Waals surface area (Å²) in [5.74, 6) is 1.74. The first kappa shape index (κ1) is 11.7. The summed E-state index contributed by atoms with van der Waals surface area (Å²) in [5, 5.41) is 0. The molecule has 0 spiro atoms. The quantitative estimate of drug-likeness (QED) is 0.875. The molecule has 1 heterocycles. The lowest BCUT2D eigenvalue weighted by Gasteiger charge is -2.02. The van der Waals surface area contributed by atoms with E-state index in [1.165, 1.54) is 0 Å². The first-order valence-electron chi connectivity index (χ1n) is 6.10. The lowest BCUT2D eigenvalue weighted by Crippen LogP contribution is -1.99. The van der Waals surface area contributed by atoms with Crippen molar-refractivity contribution in [1.29, 1.82) is 0 Å². The molecule has 0 radical (unpaired) electrons. The Labute approximate surface area is 102 Å². The Bertz CT molecular complexity index is 486. The molecule has 3 nitrogen and oxygen atoms in total. The minimum Gasteiger partial charge on any atom is -0.384 e. The molecule has 0 atom stereocenters. The van der Waals surface area contributed by atoms with Crippen LogP contribution in [0.15, 0.2) is 30.3 Å². The third kappa shape index (κ3) is 2.33. The molecule has 0 aliphatic heterocycles. The number of nitrogens with two attached hydrogens (primary N) is 1. The fourth-order valence-corrected chi connectivity index (χ4v) is 1.94. The maximum atomic E-state index is 6.08. The molecule has 0 aliphatic carbocycles. The second-order valence-electron chi connectivity index (χ2n) is 4.30. The van der Waals surface area contributed by atoms with Crippen LogP contribution in [0.5, 0.6) is 0 Å². The van der Waals surface area contributed by atoms with E-state index in [9.17, 15) is 0 Å². The smallest absolute Gasteiger partial charge is 0.141 e. The standard InChI is InChI=1S/C14H19N3/c1-3-4-10-12-13(15)17(2)14(16-12)11-8-6-5-7-9-11/h5-9H,3-4,10,15H2,1-2H3. The number of nitrogen functional groups attached to an aromatic ring is 1. The highest BCUT2D eigenvalue weighted by molar-refractivity contribution is 5.60. The van der Waals surface area contributed by atoms with E-state index in [-0.39, 0.29) is 0 Å². The summed E-state index contributed by atoms with van der Waals surface area (Å²) in [5.41, 5.74) is 8.22. The van der Waals surface area contributed by atoms with Gasteiger partial charge in [-0.3, -0.25) is 0 Å². The highest BCUT2D eigenvalue weighted by Gasteiger charge is 2.12. The molecule has 2 aromatic rings. The van der Waals surface area contributed by atoms with Gasteiger partial charge >= 0.3 is 0 Å². The predicted octanol–water partition coefficient (Wildman–Crippen LogP) is 3.01. The highest BCUT2D eigenvalue weighted by Crippen LogP contribution is 2.23. The van der Waals surface area contributed by atoms with Crippen LogP contribution in [0.25, 0.3) is 11.4 Å². The zero-order valence-corrected chi connectivity index (χ0v) is 10.5. The van der Waals surface area contributed by atoms with Gasteiger partial charge in [0.2, 0.25) is 0 Å². The van der Waals surface area contributed by atoms with E-state index in [0.29, 0.717) is 0 Å². The van der Waals surface area contributed by atoms with Crippen LogP contribution in [0.3, 0.4) is 0 Å². The molecular weight excluding hydrogens is 210 g/mol. The van der Waals surface area contributed by atoms with Crippen molar-refractivity contribution in [2.75, 3.05) is 5.73 Å². The van der Waals surface area contributed by atoms with Gasteiger partial charge in [0, 0.05) is 12.6 Å². The van der Waals surface area contributed by atoms with Crippen molar-refractivity contribution in [2.45, 2.75) is 26.2 Å². The second kappa shape index (κ2) is 5.04. The van der Waals surface area contributed by atoms with Crippen molar-refractivity contribution in [3.05, 3.63) is 36.0 Å². The second-order valence-corrected chi connectivity index (χ2v) is 4.30. The molecule has 0 amide bonds. The molecule has 0 unspecified atom stereocenters. The topological polar surface area (TPSA) is 43.8 Å². The van der Waals surface area contributed by atoms with E-state index >= 15 is 0 Å². The monoisotopic (exact) mass is 229 g/mol. The van der Waals surface area contributed by atoms with Crippen molar-refractivity contribution in [1.82, 2.24) is 9.55 Å². The van der Waals surface area contributed by atoms with Crippen LogP contribution >= 0.6 is 0 Å². The molecule has 0 bridgehead atoms. The van der Waals surface area contributed by atoms with Crippen molar-refractivity contribution in [2.24, 2.45) is 7.05 Å². The highest BCUT2D eigenvalue weighted by atomic mass is 15.1. The van der Waals surface area contributed by atoms with E-state index in [4.69, 9.17) is 5.73 Å². The first-order valence-corrected chi connectivity index (χ1v) is 6.10. The van der Waals surface area contributed by atoms with Crippen LogP contribution in [-0.4, -0.2) is 9.55 Å².